The number of hydrogen-bond donors (Lipinski definition) is 5. The molecule has 1 saturated heterocycles. The quantitative estimate of drug-likeness (QED) is 0.130. The Morgan fingerprint density at radius 3 is 2.60 bits per heavy atom. The Balaban J connectivity index is 1.48. The summed E-state index contributed by atoms with van der Waals surface area (Å²) in [7, 11) is -4.04. The monoisotopic (exact) mass is 640 g/mol. The maximum Gasteiger partial charge on any atom is 0.405 e. The smallest absolute Gasteiger partial charge is 0.395 e. The first-order chi connectivity index (χ1) is 20.3. The van der Waals surface area contributed by atoms with Gasteiger partial charge in [-0.2, -0.15) is 9.97 Å². The Labute approximate surface area is 252 Å². The second kappa shape index (κ2) is 14.0. The van der Waals surface area contributed by atoms with Gasteiger partial charge in [-0.15, -0.1) is 0 Å². The first kappa shape index (κ1) is 33.2. The van der Waals surface area contributed by atoms with Crippen LogP contribution < -0.4 is 16.5 Å². The SMILES string of the molecule is CC1[C@@H](O)[C@@H](O)[C@@H](COP(=O)(NCc2ccccc2)OCCSC(=O)C(C)(C)CO)O[C@H]1n1ccn2c(=O)nc(N)nc12. The van der Waals surface area contributed by atoms with Crippen LogP contribution in [0.15, 0.2) is 47.5 Å². The van der Waals surface area contributed by atoms with Crippen LogP contribution in [0, 0.1) is 11.3 Å². The molecule has 1 aliphatic heterocycles. The van der Waals surface area contributed by atoms with Gasteiger partial charge in [-0.1, -0.05) is 49.0 Å². The lowest BCUT2D eigenvalue weighted by molar-refractivity contribution is -0.225. The summed E-state index contributed by atoms with van der Waals surface area (Å²) in [6, 6.07) is 9.13. The molecule has 0 aliphatic carbocycles. The van der Waals surface area contributed by atoms with E-state index in [1.54, 1.807) is 20.8 Å². The van der Waals surface area contributed by atoms with Crippen LogP contribution in [0.25, 0.3) is 5.78 Å². The molecule has 2 aromatic heterocycles. The Morgan fingerprint density at radius 1 is 1.19 bits per heavy atom. The maximum atomic E-state index is 13.8. The molecule has 0 radical (unpaired) electrons. The fraction of sp³-hybridized carbons (Fsp3) is 0.538. The third-order valence-electron chi connectivity index (χ3n) is 7.02. The number of imidazole rings is 1. The molecular weight excluding hydrogens is 603 g/mol. The Morgan fingerprint density at radius 2 is 1.91 bits per heavy atom. The number of nitrogens with two attached hydrogens (primary N) is 1. The topological polar surface area (TPSA) is 213 Å². The molecule has 0 spiro atoms. The molecule has 3 heterocycles. The number of aromatic nitrogens is 4. The zero-order valence-corrected chi connectivity index (χ0v) is 25.7. The zero-order valence-electron chi connectivity index (χ0n) is 24.0. The summed E-state index contributed by atoms with van der Waals surface area (Å²) in [5.41, 5.74) is 4.90. The molecule has 1 aromatic carbocycles. The molecule has 15 nitrogen and oxygen atoms in total. The van der Waals surface area contributed by atoms with Crippen molar-refractivity contribution in [2.24, 2.45) is 11.3 Å². The molecule has 1 fully saturated rings. The molecule has 0 bridgehead atoms. The van der Waals surface area contributed by atoms with Crippen LogP contribution in [-0.4, -0.2) is 83.3 Å². The van der Waals surface area contributed by atoms with Gasteiger partial charge in [-0.25, -0.2) is 18.8 Å². The van der Waals surface area contributed by atoms with E-state index in [0.29, 0.717) is 0 Å². The van der Waals surface area contributed by atoms with Crippen LogP contribution in [0.1, 0.15) is 32.6 Å². The lowest BCUT2D eigenvalue weighted by Gasteiger charge is -2.42. The number of anilines is 1. The summed E-state index contributed by atoms with van der Waals surface area (Å²) in [5.74, 6) is -0.635. The van der Waals surface area contributed by atoms with E-state index < -0.39 is 55.9 Å². The molecular formula is C26H37N6O9PS. The summed E-state index contributed by atoms with van der Waals surface area (Å²) in [6.45, 7) is 4.13. The number of aliphatic hydroxyl groups is 3. The number of benzene rings is 1. The molecule has 4 rings (SSSR count). The fourth-order valence-corrected chi connectivity index (χ4v) is 6.55. The molecule has 17 heteroatoms. The second-order valence-corrected chi connectivity index (χ2v) is 13.7. The molecule has 2 unspecified atom stereocenters. The maximum absolute atomic E-state index is 13.8. The molecule has 0 saturated carbocycles. The van der Waals surface area contributed by atoms with Crippen molar-refractivity contribution in [3.63, 3.8) is 0 Å². The minimum atomic E-state index is -4.04. The third kappa shape index (κ3) is 7.90. The van der Waals surface area contributed by atoms with E-state index in [-0.39, 0.29) is 42.4 Å². The third-order valence-corrected chi connectivity index (χ3v) is 9.76. The van der Waals surface area contributed by atoms with Crippen molar-refractivity contribution in [2.45, 2.75) is 51.9 Å². The van der Waals surface area contributed by atoms with Crippen molar-refractivity contribution in [2.75, 3.05) is 31.3 Å². The van der Waals surface area contributed by atoms with Crippen molar-refractivity contribution in [3.8, 4) is 0 Å². The number of aliphatic hydroxyl groups excluding tert-OH is 3. The standard InChI is InChI=1S/C26H37N6O9PS/c1-16-19(34)20(35)18(41-21(16)31-9-10-32-24(31)29-23(27)30-25(32)37)14-40-42(38,28-13-17-7-5-4-6-8-17)39-11-12-43-22(36)26(2,3)15-33/h4-10,16,18-21,33-35H,11-15H2,1-3H3,(H,28,38)(H2,27,30,37)/t16?,18-,19-,20+,21-,42?/m1/s1. The number of fused-ring (bicyclic) bond motifs is 1. The first-order valence-electron chi connectivity index (χ1n) is 13.6. The van der Waals surface area contributed by atoms with Gasteiger partial charge in [0.2, 0.25) is 11.7 Å². The minimum absolute atomic E-state index is 0.118. The minimum Gasteiger partial charge on any atom is -0.395 e. The first-order valence-corrected chi connectivity index (χ1v) is 16.1. The van der Waals surface area contributed by atoms with Crippen LogP contribution in [0.5, 0.6) is 0 Å². The highest BCUT2D eigenvalue weighted by atomic mass is 32.2. The summed E-state index contributed by atoms with van der Waals surface area (Å²) in [6.07, 6.45) is -1.83. The van der Waals surface area contributed by atoms with Crippen molar-refractivity contribution in [1.29, 1.82) is 0 Å². The lowest BCUT2D eigenvalue weighted by Crippen LogP contribution is -2.53. The lowest BCUT2D eigenvalue weighted by atomic mass is 9.91. The number of nitrogens with zero attached hydrogens (tertiary/aromatic N) is 4. The number of nitrogen functional groups attached to an aromatic ring is 1. The summed E-state index contributed by atoms with van der Waals surface area (Å²) in [4.78, 5) is 32.3. The van der Waals surface area contributed by atoms with Gasteiger partial charge in [0.05, 0.1) is 31.3 Å². The number of carbonyl (C=O) groups is 1. The molecule has 236 valence electrons. The van der Waals surface area contributed by atoms with E-state index in [4.69, 9.17) is 19.5 Å². The number of ether oxygens (including phenoxy) is 1. The number of rotatable bonds is 13. The predicted molar refractivity (Wildman–Crippen MR) is 158 cm³/mol. The van der Waals surface area contributed by atoms with Crippen LogP contribution in [0.2, 0.25) is 0 Å². The normalized spacial score (nSPS) is 24.2. The van der Waals surface area contributed by atoms with Crippen LogP contribution >= 0.6 is 19.5 Å². The van der Waals surface area contributed by atoms with Gasteiger partial charge in [0.25, 0.3) is 0 Å². The number of hydrogen-bond acceptors (Lipinski definition) is 13. The van der Waals surface area contributed by atoms with Gasteiger partial charge in [0, 0.05) is 30.6 Å². The average Bonchev–Trinajstić information content (AvgIpc) is 3.41. The Bertz CT molecular complexity index is 1500. The van der Waals surface area contributed by atoms with Crippen molar-refractivity contribution >= 4 is 36.3 Å². The van der Waals surface area contributed by atoms with Gasteiger partial charge < -0.3 is 25.8 Å². The highest BCUT2D eigenvalue weighted by molar-refractivity contribution is 8.13. The van der Waals surface area contributed by atoms with Gasteiger partial charge in [0.15, 0.2) is 5.12 Å². The molecule has 6 atom stereocenters. The molecule has 1 aliphatic rings. The number of carbonyl (C=O) groups excluding carboxylic acids is 1. The molecule has 43 heavy (non-hydrogen) atoms. The number of nitrogens with one attached hydrogen (secondary N) is 1. The van der Waals surface area contributed by atoms with Gasteiger partial charge in [0.1, 0.15) is 18.4 Å². The number of thioether (sulfide) groups is 1. The molecule has 3 aromatic rings. The zero-order chi connectivity index (χ0) is 31.4. The van der Waals surface area contributed by atoms with Crippen molar-refractivity contribution < 1.29 is 38.5 Å². The van der Waals surface area contributed by atoms with E-state index in [1.165, 1.54) is 17.0 Å². The van der Waals surface area contributed by atoms with Crippen LogP contribution in [-0.2, 0) is 29.7 Å². The summed E-state index contributed by atoms with van der Waals surface area (Å²) >= 11 is 0.939. The Hall–Kier alpha value is -2.66. The second-order valence-electron chi connectivity index (χ2n) is 10.8. The summed E-state index contributed by atoms with van der Waals surface area (Å²) < 4.78 is 33.9. The van der Waals surface area contributed by atoms with Crippen molar-refractivity contribution in [1.82, 2.24) is 24.0 Å². The molecule has 6 N–H and O–H groups in total. The molecule has 0 amide bonds. The van der Waals surface area contributed by atoms with Crippen LogP contribution in [0.3, 0.4) is 0 Å². The van der Waals surface area contributed by atoms with E-state index in [2.05, 4.69) is 15.1 Å². The summed E-state index contributed by atoms with van der Waals surface area (Å²) in [5, 5.41) is 33.7. The van der Waals surface area contributed by atoms with E-state index in [1.807, 2.05) is 30.3 Å². The highest BCUT2D eigenvalue weighted by Gasteiger charge is 2.44. The Kier molecular flexibility index (Phi) is 10.8. The average molecular weight is 641 g/mol. The highest BCUT2D eigenvalue weighted by Crippen LogP contribution is 2.45. The predicted octanol–water partition coefficient (Wildman–Crippen LogP) is 0.938. The van der Waals surface area contributed by atoms with E-state index in [9.17, 15) is 29.5 Å². The van der Waals surface area contributed by atoms with Gasteiger partial charge in [-0.05, 0) is 19.4 Å². The van der Waals surface area contributed by atoms with Gasteiger partial charge in [-0.3, -0.25) is 18.4 Å². The van der Waals surface area contributed by atoms with Crippen molar-refractivity contribution in [3.05, 3.63) is 58.8 Å². The van der Waals surface area contributed by atoms with E-state index >= 15 is 0 Å². The van der Waals surface area contributed by atoms with E-state index in [0.717, 1.165) is 21.7 Å². The van der Waals surface area contributed by atoms with Crippen LogP contribution in [0.4, 0.5) is 5.95 Å². The fourth-order valence-electron chi connectivity index (χ4n) is 4.31. The largest absolute Gasteiger partial charge is 0.405 e. The van der Waals surface area contributed by atoms with Gasteiger partial charge >= 0.3 is 13.4 Å².